The predicted octanol–water partition coefficient (Wildman–Crippen LogP) is 1.68. The molecule has 0 atom stereocenters. The maximum absolute atomic E-state index is 12.3. The summed E-state index contributed by atoms with van der Waals surface area (Å²) in [6, 6.07) is 10.8. The molecule has 0 amide bonds. The van der Waals surface area contributed by atoms with E-state index >= 15 is 0 Å². The number of aromatic amines is 1. The zero-order valence-electron chi connectivity index (χ0n) is 13.5. The van der Waals surface area contributed by atoms with Gasteiger partial charge in [-0.25, -0.2) is 9.36 Å². The molecule has 0 aliphatic rings. The topological polar surface area (TPSA) is 90.4 Å². The third-order valence-electron chi connectivity index (χ3n) is 3.44. The molecule has 7 nitrogen and oxygen atoms in total. The first-order valence-corrected chi connectivity index (χ1v) is 8.43. The fourth-order valence-corrected chi connectivity index (χ4v) is 3.21. The molecule has 0 spiro atoms. The van der Waals surface area contributed by atoms with E-state index in [0.29, 0.717) is 16.0 Å². The number of hydrogen-bond donors (Lipinski definition) is 1. The summed E-state index contributed by atoms with van der Waals surface area (Å²) in [4.78, 5) is 40.2. The van der Waals surface area contributed by atoms with Gasteiger partial charge in [0.05, 0.1) is 5.39 Å². The van der Waals surface area contributed by atoms with Crippen LogP contribution in [0.15, 0.2) is 46.0 Å². The molecular weight excluding hydrogens is 344 g/mol. The summed E-state index contributed by atoms with van der Waals surface area (Å²) in [5.41, 5.74) is -1.13. The average Bonchev–Trinajstić information content (AvgIpc) is 2.97. The highest BCUT2D eigenvalue weighted by Gasteiger charge is 2.13. The van der Waals surface area contributed by atoms with Gasteiger partial charge in [-0.2, -0.15) is 0 Å². The molecule has 0 saturated carbocycles. The highest BCUT2D eigenvalue weighted by Crippen LogP contribution is 2.18. The lowest BCUT2D eigenvalue weighted by atomic mass is 10.3. The van der Waals surface area contributed by atoms with Crippen molar-refractivity contribution in [3.8, 4) is 5.75 Å². The summed E-state index contributed by atoms with van der Waals surface area (Å²) in [6.45, 7) is 1.61. The molecule has 3 aromatic rings. The van der Waals surface area contributed by atoms with E-state index < -0.39 is 23.8 Å². The number of para-hydroxylation sites is 1. The maximum Gasteiger partial charge on any atom is 0.329 e. The van der Waals surface area contributed by atoms with Gasteiger partial charge in [0.25, 0.3) is 5.56 Å². The molecule has 2 heterocycles. The second-order valence-corrected chi connectivity index (χ2v) is 6.56. The third-order valence-corrected chi connectivity index (χ3v) is 4.41. The van der Waals surface area contributed by atoms with Crippen molar-refractivity contribution in [1.29, 1.82) is 0 Å². The number of nitrogens with one attached hydrogen (secondary N) is 1. The van der Waals surface area contributed by atoms with Gasteiger partial charge in [0.1, 0.15) is 30.3 Å². The van der Waals surface area contributed by atoms with E-state index in [1.54, 1.807) is 18.2 Å². The number of benzene rings is 1. The first-order chi connectivity index (χ1) is 12.0. The van der Waals surface area contributed by atoms with Crippen LogP contribution in [-0.4, -0.2) is 28.7 Å². The molecule has 1 N–H and O–H groups in total. The van der Waals surface area contributed by atoms with Crippen LogP contribution >= 0.6 is 11.3 Å². The van der Waals surface area contributed by atoms with Gasteiger partial charge in [0.2, 0.25) is 0 Å². The minimum atomic E-state index is -0.671. The first-order valence-electron chi connectivity index (χ1n) is 7.61. The van der Waals surface area contributed by atoms with Gasteiger partial charge in [-0.15, -0.1) is 11.3 Å². The van der Waals surface area contributed by atoms with Crippen molar-refractivity contribution in [3.63, 3.8) is 0 Å². The van der Waals surface area contributed by atoms with Gasteiger partial charge >= 0.3 is 11.7 Å². The fraction of sp³-hybridized carbons (Fsp3) is 0.235. The maximum atomic E-state index is 12.3. The van der Waals surface area contributed by atoms with Crippen LogP contribution in [0.1, 0.15) is 4.88 Å². The van der Waals surface area contributed by atoms with Crippen molar-refractivity contribution < 1.29 is 14.3 Å². The molecular formula is C17H16N2O5S. The van der Waals surface area contributed by atoms with Crippen molar-refractivity contribution >= 4 is 27.5 Å². The number of carbonyl (C=O) groups excluding carboxylic acids is 1. The average molecular weight is 360 g/mol. The molecule has 8 heteroatoms. The van der Waals surface area contributed by atoms with E-state index in [4.69, 9.17) is 9.47 Å². The van der Waals surface area contributed by atoms with E-state index in [9.17, 15) is 14.4 Å². The number of carbonyl (C=O) groups is 1. The Morgan fingerprint density at radius 2 is 1.96 bits per heavy atom. The van der Waals surface area contributed by atoms with E-state index in [2.05, 4.69) is 4.98 Å². The second kappa shape index (κ2) is 7.35. The minimum absolute atomic E-state index is 0.0280. The van der Waals surface area contributed by atoms with E-state index in [1.165, 1.54) is 11.3 Å². The molecule has 0 radical (unpaired) electrons. The van der Waals surface area contributed by atoms with Crippen LogP contribution in [-0.2, 0) is 16.1 Å². The monoisotopic (exact) mass is 360 g/mol. The highest BCUT2D eigenvalue weighted by atomic mass is 32.1. The molecule has 0 bridgehead atoms. The fourth-order valence-electron chi connectivity index (χ4n) is 2.32. The van der Waals surface area contributed by atoms with Crippen LogP contribution < -0.4 is 16.0 Å². The number of H-pyrrole nitrogens is 1. The largest absolute Gasteiger partial charge is 0.490 e. The molecule has 0 fully saturated rings. The predicted molar refractivity (Wildman–Crippen MR) is 94.3 cm³/mol. The van der Waals surface area contributed by atoms with Gasteiger partial charge in [-0.3, -0.25) is 14.6 Å². The Labute approximate surface area is 146 Å². The van der Waals surface area contributed by atoms with Crippen LogP contribution in [0.4, 0.5) is 0 Å². The summed E-state index contributed by atoms with van der Waals surface area (Å²) in [6.07, 6.45) is 0. The van der Waals surface area contributed by atoms with E-state index in [-0.39, 0.29) is 13.2 Å². The van der Waals surface area contributed by atoms with E-state index in [1.807, 2.05) is 25.1 Å². The number of aromatic nitrogens is 2. The van der Waals surface area contributed by atoms with Crippen molar-refractivity contribution in [3.05, 3.63) is 62.1 Å². The molecule has 2 aromatic heterocycles. The number of ether oxygens (including phenoxy) is 2. The van der Waals surface area contributed by atoms with Crippen LogP contribution in [0.2, 0.25) is 0 Å². The lowest BCUT2D eigenvalue weighted by molar-refractivity contribution is -0.145. The van der Waals surface area contributed by atoms with Crippen LogP contribution in [0, 0.1) is 6.92 Å². The van der Waals surface area contributed by atoms with Crippen LogP contribution in [0.5, 0.6) is 5.75 Å². The summed E-state index contributed by atoms with van der Waals surface area (Å²) in [5, 5.41) is 0.391. The van der Waals surface area contributed by atoms with Gasteiger partial charge in [0.15, 0.2) is 0 Å². The highest BCUT2D eigenvalue weighted by molar-refractivity contribution is 7.18. The number of fused-ring (bicyclic) bond motifs is 1. The smallest absolute Gasteiger partial charge is 0.329 e. The van der Waals surface area contributed by atoms with Crippen molar-refractivity contribution in [2.45, 2.75) is 13.5 Å². The normalized spacial score (nSPS) is 10.8. The number of rotatable bonds is 6. The van der Waals surface area contributed by atoms with E-state index in [0.717, 1.165) is 9.44 Å². The van der Waals surface area contributed by atoms with Gasteiger partial charge in [-0.05, 0) is 25.1 Å². The molecule has 0 aliphatic heterocycles. The first kappa shape index (κ1) is 17.0. The quantitative estimate of drug-likeness (QED) is 0.534. The Morgan fingerprint density at radius 3 is 2.72 bits per heavy atom. The zero-order chi connectivity index (χ0) is 17.8. The summed E-state index contributed by atoms with van der Waals surface area (Å²) in [5.74, 6) is 0.0000512. The Balaban J connectivity index is 1.60. The Bertz CT molecular complexity index is 1000. The number of nitrogens with zero attached hydrogens (tertiary/aromatic N) is 1. The third kappa shape index (κ3) is 3.97. The lowest BCUT2D eigenvalue weighted by Crippen LogP contribution is -2.37. The molecule has 0 unspecified atom stereocenters. The molecule has 0 saturated heterocycles. The van der Waals surface area contributed by atoms with Gasteiger partial charge in [-0.1, -0.05) is 18.2 Å². The summed E-state index contributed by atoms with van der Waals surface area (Å²) >= 11 is 1.32. The number of thiophene rings is 1. The number of esters is 1. The van der Waals surface area contributed by atoms with Crippen LogP contribution in [0.25, 0.3) is 10.2 Å². The van der Waals surface area contributed by atoms with Crippen molar-refractivity contribution in [1.82, 2.24) is 9.55 Å². The Kier molecular flexibility index (Phi) is 4.99. The molecule has 25 heavy (non-hydrogen) atoms. The summed E-state index contributed by atoms with van der Waals surface area (Å²) in [7, 11) is 0. The van der Waals surface area contributed by atoms with Crippen LogP contribution in [0.3, 0.4) is 0 Å². The number of hydrogen-bond acceptors (Lipinski definition) is 6. The van der Waals surface area contributed by atoms with Gasteiger partial charge in [0, 0.05) is 4.88 Å². The molecule has 0 aliphatic carbocycles. The molecule has 1 aromatic carbocycles. The minimum Gasteiger partial charge on any atom is -0.490 e. The van der Waals surface area contributed by atoms with Gasteiger partial charge < -0.3 is 9.47 Å². The molecule has 130 valence electrons. The molecule has 3 rings (SSSR count). The lowest BCUT2D eigenvalue weighted by Gasteiger charge is -2.08. The second-order valence-electron chi connectivity index (χ2n) is 5.30. The zero-order valence-corrected chi connectivity index (χ0v) is 14.3. The standard InChI is InChI=1S/C17H16N2O5S/c1-11-9-13-15(25-11)18-17(22)19(16(13)21)10-14(20)24-8-7-23-12-5-3-2-4-6-12/h2-6,9H,7-8,10H2,1H3,(H,18,22). The SMILES string of the molecule is Cc1cc2c(=O)n(CC(=O)OCCOc3ccccc3)c(=O)[nH]c2s1. The summed E-state index contributed by atoms with van der Waals surface area (Å²) < 4.78 is 11.3. The number of aryl methyl sites for hydroxylation is 1. The van der Waals surface area contributed by atoms with Crippen molar-refractivity contribution in [2.24, 2.45) is 0 Å². The Morgan fingerprint density at radius 1 is 1.20 bits per heavy atom. The van der Waals surface area contributed by atoms with Crippen molar-refractivity contribution in [2.75, 3.05) is 13.2 Å². The Hall–Kier alpha value is -2.87.